The maximum absolute atomic E-state index is 12.1. The minimum atomic E-state index is -0.128. The van der Waals surface area contributed by atoms with Gasteiger partial charge >= 0.3 is 0 Å². The number of nitrogens with zero attached hydrogens (tertiary/aromatic N) is 3. The van der Waals surface area contributed by atoms with Gasteiger partial charge in [0.25, 0.3) is 5.91 Å². The second-order valence-corrected chi connectivity index (χ2v) is 4.74. The van der Waals surface area contributed by atoms with Gasteiger partial charge in [0.1, 0.15) is 5.69 Å². The fourth-order valence-corrected chi connectivity index (χ4v) is 2.44. The first-order valence-corrected chi connectivity index (χ1v) is 6.39. The molecule has 1 aliphatic rings. The highest BCUT2D eigenvalue weighted by molar-refractivity contribution is 5.92. The van der Waals surface area contributed by atoms with Crippen molar-refractivity contribution in [2.75, 3.05) is 0 Å². The number of carbonyl (C=O) groups excluding carboxylic acids is 1. The number of aryl methyl sites for hydroxylation is 2. The average molecular weight is 246 g/mol. The van der Waals surface area contributed by atoms with Crippen LogP contribution < -0.4 is 5.32 Å². The third-order valence-electron chi connectivity index (χ3n) is 3.52. The molecule has 1 saturated carbocycles. The molecule has 1 fully saturated rings. The molecule has 0 bridgehead atoms. The van der Waals surface area contributed by atoms with Crippen LogP contribution in [0.3, 0.4) is 0 Å². The Kier molecular flexibility index (Phi) is 3.66. The monoisotopic (exact) mass is 246 g/mol. The van der Waals surface area contributed by atoms with Crippen molar-refractivity contribution in [3.8, 4) is 6.07 Å². The summed E-state index contributed by atoms with van der Waals surface area (Å²) in [6.07, 6.45) is 3.59. The van der Waals surface area contributed by atoms with E-state index in [0.29, 0.717) is 5.69 Å². The predicted octanol–water partition coefficient (Wildman–Crippen LogP) is 1.40. The Morgan fingerprint density at radius 2 is 2.44 bits per heavy atom. The number of nitriles is 1. The van der Waals surface area contributed by atoms with E-state index in [-0.39, 0.29) is 17.9 Å². The van der Waals surface area contributed by atoms with E-state index in [1.165, 1.54) is 0 Å². The van der Waals surface area contributed by atoms with Crippen LogP contribution in [0, 0.1) is 17.2 Å². The summed E-state index contributed by atoms with van der Waals surface area (Å²) < 4.78 is 1.60. The molecule has 0 aliphatic heterocycles. The van der Waals surface area contributed by atoms with E-state index >= 15 is 0 Å². The van der Waals surface area contributed by atoms with E-state index < -0.39 is 0 Å². The van der Waals surface area contributed by atoms with Gasteiger partial charge in [-0.05, 0) is 31.7 Å². The minimum Gasteiger partial charge on any atom is -0.347 e. The Morgan fingerprint density at radius 1 is 1.67 bits per heavy atom. The van der Waals surface area contributed by atoms with E-state index in [4.69, 9.17) is 5.26 Å². The van der Waals surface area contributed by atoms with E-state index in [1.54, 1.807) is 11.7 Å². The molecule has 1 heterocycles. The summed E-state index contributed by atoms with van der Waals surface area (Å²) in [5, 5.41) is 16.2. The van der Waals surface area contributed by atoms with Crippen molar-refractivity contribution >= 4 is 5.91 Å². The lowest BCUT2D eigenvalue weighted by Crippen LogP contribution is -2.37. The molecular weight excluding hydrogens is 228 g/mol. The zero-order chi connectivity index (χ0) is 13.1. The molecule has 2 unspecified atom stereocenters. The van der Waals surface area contributed by atoms with Gasteiger partial charge in [0, 0.05) is 13.1 Å². The highest BCUT2D eigenvalue weighted by atomic mass is 16.2. The van der Waals surface area contributed by atoms with Crippen LogP contribution in [0.5, 0.6) is 0 Å². The Labute approximate surface area is 107 Å². The van der Waals surface area contributed by atoms with Gasteiger partial charge in [0.2, 0.25) is 0 Å². The Bertz CT molecular complexity index is 486. The van der Waals surface area contributed by atoms with Gasteiger partial charge in [0.15, 0.2) is 0 Å². The zero-order valence-electron chi connectivity index (χ0n) is 10.8. The van der Waals surface area contributed by atoms with Gasteiger partial charge in [-0.25, -0.2) is 0 Å². The smallest absolute Gasteiger partial charge is 0.269 e. The number of aromatic nitrogens is 2. The molecule has 1 N–H and O–H groups in total. The van der Waals surface area contributed by atoms with Crippen molar-refractivity contribution in [2.45, 2.75) is 38.6 Å². The number of hydrogen-bond donors (Lipinski definition) is 1. The van der Waals surface area contributed by atoms with Gasteiger partial charge in [-0.1, -0.05) is 6.92 Å². The molecule has 1 amide bonds. The normalized spacial score (nSPS) is 22.7. The molecule has 5 heteroatoms. The average Bonchev–Trinajstić information content (AvgIpc) is 2.95. The number of amides is 1. The van der Waals surface area contributed by atoms with Crippen molar-refractivity contribution in [2.24, 2.45) is 13.0 Å². The molecular formula is C13H18N4O. The van der Waals surface area contributed by atoms with Gasteiger partial charge in [-0.2, -0.15) is 10.4 Å². The predicted molar refractivity (Wildman–Crippen MR) is 66.8 cm³/mol. The summed E-state index contributed by atoms with van der Waals surface area (Å²) >= 11 is 0. The lowest BCUT2D eigenvalue weighted by atomic mass is 10.1. The summed E-state index contributed by atoms with van der Waals surface area (Å²) in [5.74, 6) is -0.176. The van der Waals surface area contributed by atoms with Gasteiger partial charge in [0.05, 0.1) is 17.7 Å². The van der Waals surface area contributed by atoms with Crippen molar-refractivity contribution in [1.29, 1.82) is 5.26 Å². The first-order chi connectivity index (χ1) is 8.65. The Balaban J connectivity index is 2.07. The maximum atomic E-state index is 12.1. The van der Waals surface area contributed by atoms with E-state index in [9.17, 15) is 4.79 Å². The topological polar surface area (TPSA) is 70.7 Å². The maximum Gasteiger partial charge on any atom is 0.269 e. The summed E-state index contributed by atoms with van der Waals surface area (Å²) in [6, 6.07) is 4.06. The standard InChI is InChI=1S/C13H18N4O/c1-3-10-7-12(17(2)16-10)13(18)15-11-6-4-5-9(11)8-14/h7,9,11H,3-6H2,1-2H3,(H,15,18). The third kappa shape index (κ3) is 2.37. The van der Waals surface area contributed by atoms with Crippen LogP contribution in [-0.2, 0) is 13.5 Å². The molecule has 2 atom stereocenters. The number of rotatable bonds is 3. The molecule has 0 saturated heterocycles. The van der Waals surface area contributed by atoms with Crippen LogP contribution in [-0.4, -0.2) is 21.7 Å². The Hall–Kier alpha value is -1.83. The van der Waals surface area contributed by atoms with Crippen LogP contribution in [0.25, 0.3) is 0 Å². The molecule has 5 nitrogen and oxygen atoms in total. The molecule has 96 valence electrons. The van der Waals surface area contributed by atoms with Crippen molar-refractivity contribution in [1.82, 2.24) is 15.1 Å². The van der Waals surface area contributed by atoms with E-state index in [1.807, 2.05) is 13.0 Å². The first-order valence-electron chi connectivity index (χ1n) is 6.39. The highest BCUT2D eigenvalue weighted by Gasteiger charge is 2.29. The van der Waals surface area contributed by atoms with Gasteiger partial charge < -0.3 is 5.32 Å². The zero-order valence-corrected chi connectivity index (χ0v) is 10.8. The van der Waals surface area contributed by atoms with Crippen molar-refractivity contribution in [3.05, 3.63) is 17.5 Å². The van der Waals surface area contributed by atoms with Crippen molar-refractivity contribution in [3.63, 3.8) is 0 Å². The van der Waals surface area contributed by atoms with Crippen LogP contribution >= 0.6 is 0 Å². The second kappa shape index (κ2) is 5.21. The van der Waals surface area contributed by atoms with Crippen LogP contribution in [0.15, 0.2) is 6.07 Å². The molecule has 1 aromatic heterocycles. The third-order valence-corrected chi connectivity index (χ3v) is 3.52. The Morgan fingerprint density at radius 3 is 3.06 bits per heavy atom. The highest BCUT2D eigenvalue weighted by Crippen LogP contribution is 2.25. The lowest BCUT2D eigenvalue weighted by Gasteiger charge is -2.15. The summed E-state index contributed by atoms with van der Waals surface area (Å²) in [6.45, 7) is 2.01. The number of nitrogens with one attached hydrogen (secondary N) is 1. The summed E-state index contributed by atoms with van der Waals surface area (Å²) in [7, 11) is 1.77. The van der Waals surface area contributed by atoms with E-state index in [0.717, 1.165) is 31.4 Å². The number of hydrogen-bond acceptors (Lipinski definition) is 3. The van der Waals surface area contributed by atoms with Crippen molar-refractivity contribution < 1.29 is 4.79 Å². The molecule has 2 rings (SSSR count). The minimum absolute atomic E-state index is 0.0116. The number of carbonyl (C=O) groups is 1. The fraction of sp³-hybridized carbons (Fsp3) is 0.615. The fourth-order valence-electron chi connectivity index (χ4n) is 2.44. The molecule has 0 radical (unpaired) electrons. The van der Waals surface area contributed by atoms with Crippen LogP contribution in [0.1, 0.15) is 42.4 Å². The van der Waals surface area contributed by atoms with Crippen LogP contribution in [0.2, 0.25) is 0 Å². The van der Waals surface area contributed by atoms with Gasteiger partial charge in [-0.3, -0.25) is 9.48 Å². The second-order valence-electron chi connectivity index (χ2n) is 4.74. The summed E-state index contributed by atoms with van der Waals surface area (Å²) in [4.78, 5) is 12.1. The van der Waals surface area contributed by atoms with Crippen LogP contribution in [0.4, 0.5) is 0 Å². The molecule has 0 spiro atoms. The van der Waals surface area contributed by atoms with E-state index in [2.05, 4.69) is 16.5 Å². The largest absolute Gasteiger partial charge is 0.347 e. The SMILES string of the molecule is CCc1cc(C(=O)NC2CCCC2C#N)n(C)n1. The first kappa shape index (κ1) is 12.6. The quantitative estimate of drug-likeness (QED) is 0.876. The molecule has 0 aromatic carbocycles. The molecule has 1 aliphatic carbocycles. The summed E-state index contributed by atoms with van der Waals surface area (Å²) in [5.41, 5.74) is 1.47. The van der Waals surface area contributed by atoms with Gasteiger partial charge in [-0.15, -0.1) is 0 Å². The molecule has 18 heavy (non-hydrogen) atoms. The lowest BCUT2D eigenvalue weighted by molar-refractivity contribution is 0.0923. The molecule has 1 aromatic rings.